The molecule has 3 unspecified atom stereocenters. The fraction of sp³-hybridized carbons (Fsp3) is 0.938. The molecule has 1 saturated heterocycles. The van der Waals surface area contributed by atoms with Gasteiger partial charge < -0.3 is 16.0 Å². The summed E-state index contributed by atoms with van der Waals surface area (Å²) in [4.78, 5) is 14.3. The van der Waals surface area contributed by atoms with Gasteiger partial charge in [0.2, 0.25) is 5.91 Å². The summed E-state index contributed by atoms with van der Waals surface area (Å²) in [6.07, 6.45) is 6.81. The second-order valence-corrected chi connectivity index (χ2v) is 7.06. The maximum Gasteiger partial charge on any atom is 0.237 e. The van der Waals surface area contributed by atoms with Gasteiger partial charge >= 0.3 is 0 Å². The molecule has 1 aliphatic heterocycles. The molecule has 0 aromatic carbocycles. The average molecular weight is 281 g/mol. The van der Waals surface area contributed by atoms with Gasteiger partial charge in [-0.2, -0.15) is 0 Å². The predicted molar refractivity (Wildman–Crippen MR) is 82.4 cm³/mol. The first-order valence-electron chi connectivity index (χ1n) is 8.21. The molecule has 1 saturated carbocycles. The molecule has 2 rings (SSSR count). The van der Waals surface area contributed by atoms with Gasteiger partial charge in [0.05, 0.1) is 5.54 Å². The Bertz CT molecular complexity index is 345. The third kappa shape index (κ3) is 3.17. The normalized spacial score (nSPS) is 36.2. The molecule has 0 radical (unpaired) electrons. The molecule has 0 aromatic rings. The van der Waals surface area contributed by atoms with Gasteiger partial charge in [0.15, 0.2) is 0 Å². The topological polar surface area (TPSA) is 58.4 Å². The molecule has 4 heteroatoms. The third-order valence-electron chi connectivity index (χ3n) is 5.71. The van der Waals surface area contributed by atoms with Crippen molar-refractivity contribution < 1.29 is 4.79 Å². The lowest BCUT2D eigenvalue weighted by atomic mass is 9.89. The number of nitrogens with two attached hydrogens (primary N) is 1. The Balaban J connectivity index is 1.95. The number of likely N-dealkylation sites (N-methyl/N-ethyl adjacent to an activating group) is 1. The molecule has 20 heavy (non-hydrogen) atoms. The zero-order chi connectivity index (χ0) is 14.8. The minimum atomic E-state index is -0.464. The highest BCUT2D eigenvalue weighted by atomic mass is 16.1. The van der Waals surface area contributed by atoms with Crippen molar-refractivity contribution in [3.8, 4) is 0 Å². The molecule has 2 fully saturated rings. The molecule has 3 atom stereocenters. The van der Waals surface area contributed by atoms with Crippen molar-refractivity contribution in [3.63, 3.8) is 0 Å². The number of likely N-dealkylation sites (tertiary alicyclic amines) is 1. The van der Waals surface area contributed by atoms with Crippen LogP contribution < -0.4 is 11.1 Å². The zero-order valence-electron chi connectivity index (χ0n) is 13.3. The molecule has 1 heterocycles. The zero-order valence-corrected chi connectivity index (χ0v) is 13.3. The molecule has 2 aliphatic rings. The first-order valence-corrected chi connectivity index (χ1v) is 8.21. The minimum Gasteiger partial charge on any atom is -0.368 e. The summed E-state index contributed by atoms with van der Waals surface area (Å²) in [6.45, 7) is 7.06. The van der Waals surface area contributed by atoms with Gasteiger partial charge in [-0.05, 0) is 70.5 Å². The highest BCUT2D eigenvalue weighted by molar-refractivity contribution is 5.85. The number of carbonyl (C=O) groups excluding carboxylic acids is 1. The second kappa shape index (κ2) is 6.44. The minimum absolute atomic E-state index is 0.183. The van der Waals surface area contributed by atoms with Crippen molar-refractivity contribution in [3.05, 3.63) is 0 Å². The van der Waals surface area contributed by atoms with Crippen molar-refractivity contribution in [2.75, 3.05) is 20.1 Å². The molecule has 0 bridgehead atoms. The fourth-order valence-corrected chi connectivity index (χ4v) is 4.08. The standard InChI is InChI=1S/C16H31N3O/c1-12(2)13-5-4-9-19(10-7-13)14-6-8-16(11-14,18-3)15(17)20/h12-14,18H,4-11H2,1-3H3,(H2,17,20). The van der Waals surface area contributed by atoms with Crippen LogP contribution >= 0.6 is 0 Å². The van der Waals surface area contributed by atoms with Crippen LogP contribution in [0.5, 0.6) is 0 Å². The predicted octanol–water partition coefficient (Wildman–Crippen LogP) is 1.74. The van der Waals surface area contributed by atoms with Gasteiger partial charge in [0, 0.05) is 6.04 Å². The highest BCUT2D eigenvalue weighted by Gasteiger charge is 2.44. The smallest absolute Gasteiger partial charge is 0.237 e. The van der Waals surface area contributed by atoms with Crippen molar-refractivity contribution in [2.24, 2.45) is 17.6 Å². The first kappa shape index (κ1) is 15.8. The van der Waals surface area contributed by atoms with E-state index in [-0.39, 0.29) is 5.91 Å². The molecule has 1 amide bonds. The van der Waals surface area contributed by atoms with Crippen LogP contribution in [0.4, 0.5) is 0 Å². The molecule has 3 N–H and O–H groups in total. The number of nitrogens with one attached hydrogen (secondary N) is 1. The van der Waals surface area contributed by atoms with Crippen LogP contribution in [0.2, 0.25) is 0 Å². The average Bonchev–Trinajstić information content (AvgIpc) is 2.70. The van der Waals surface area contributed by atoms with E-state index >= 15 is 0 Å². The van der Waals surface area contributed by atoms with E-state index in [0.717, 1.165) is 31.1 Å². The van der Waals surface area contributed by atoms with E-state index in [0.29, 0.717) is 6.04 Å². The van der Waals surface area contributed by atoms with Crippen molar-refractivity contribution in [1.82, 2.24) is 10.2 Å². The number of hydrogen-bond donors (Lipinski definition) is 2. The summed E-state index contributed by atoms with van der Waals surface area (Å²) < 4.78 is 0. The van der Waals surface area contributed by atoms with Crippen LogP contribution in [-0.4, -0.2) is 42.5 Å². The Kier molecular flexibility index (Phi) is 5.08. The van der Waals surface area contributed by atoms with Crippen LogP contribution in [0.1, 0.15) is 52.4 Å². The Hall–Kier alpha value is -0.610. The van der Waals surface area contributed by atoms with Gasteiger partial charge in [0.1, 0.15) is 0 Å². The lowest BCUT2D eigenvalue weighted by molar-refractivity contribution is -0.124. The number of amides is 1. The summed E-state index contributed by atoms with van der Waals surface area (Å²) in [6, 6.07) is 0.529. The number of carbonyl (C=O) groups is 1. The number of hydrogen-bond acceptors (Lipinski definition) is 3. The number of nitrogens with zero attached hydrogens (tertiary/aromatic N) is 1. The van der Waals surface area contributed by atoms with Gasteiger partial charge in [0.25, 0.3) is 0 Å². The van der Waals surface area contributed by atoms with E-state index in [1.807, 2.05) is 7.05 Å². The monoisotopic (exact) mass is 281 g/mol. The van der Waals surface area contributed by atoms with Gasteiger partial charge in [-0.15, -0.1) is 0 Å². The molecule has 0 spiro atoms. The Labute approximate surface area is 123 Å². The van der Waals surface area contributed by atoms with Crippen LogP contribution in [0.3, 0.4) is 0 Å². The van der Waals surface area contributed by atoms with E-state index in [2.05, 4.69) is 24.1 Å². The summed E-state index contributed by atoms with van der Waals surface area (Å²) in [5.74, 6) is 1.48. The molecule has 4 nitrogen and oxygen atoms in total. The van der Waals surface area contributed by atoms with Crippen molar-refractivity contribution >= 4 is 5.91 Å². The molecule has 1 aliphatic carbocycles. The summed E-state index contributed by atoms with van der Waals surface area (Å²) in [7, 11) is 1.87. The summed E-state index contributed by atoms with van der Waals surface area (Å²) in [5.41, 5.74) is 5.14. The Morgan fingerprint density at radius 2 is 2.05 bits per heavy atom. The van der Waals surface area contributed by atoms with Crippen LogP contribution in [0.25, 0.3) is 0 Å². The SMILES string of the molecule is CNC1(C(N)=O)CCC(N2CCCC(C(C)C)CC2)C1. The Morgan fingerprint density at radius 3 is 2.60 bits per heavy atom. The van der Waals surface area contributed by atoms with Gasteiger partial charge in [-0.3, -0.25) is 4.79 Å². The van der Waals surface area contributed by atoms with Crippen LogP contribution in [0, 0.1) is 11.8 Å². The third-order valence-corrected chi connectivity index (χ3v) is 5.71. The number of primary amides is 1. The van der Waals surface area contributed by atoms with E-state index in [9.17, 15) is 4.79 Å². The maximum atomic E-state index is 11.7. The Morgan fingerprint density at radius 1 is 1.30 bits per heavy atom. The van der Waals surface area contributed by atoms with Crippen molar-refractivity contribution in [2.45, 2.75) is 64.0 Å². The largest absolute Gasteiger partial charge is 0.368 e. The lowest BCUT2D eigenvalue weighted by Crippen LogP contribution is -2.53. The summed E-state index contributed by atoms with van der Waals surface area (Å²) >= 11 is 0. The highest BCUT2D eigenvalue weighted by Crippen LogP contribution is 2.35. The van der Waals surface area contributed by atoms with E-state index in [1.54, 1.807) is 0 Å². The fourth-order valence-electron chi connectivity index (χ4n) is 4.08. The molecular weight excluding hydrogens is 250 g/mol. The van der Waals surface area contributed by atoms with E-state index < -0.39 is 5.54 Å². The maximum absolute atomic E-state index is 11.7. The lowest BCUT2D eigenvalue weighted by Gasteiger charge is -2.30. The van der Waals surface area contributed by atoms with Crippen molar-refractivity contribution in [1.29, 1.82) is 0 Å². The first-order chi connectivity index (χ1) is 9.48. The van der Waals surface area contributed by atoms with Gasteiger partial charge in [-0.1, -0.05) is 13.8 Å². The van der Waals surface area contributed by atoms with Gasteiger partial charge in [-0.25, -0.2) is 0 Å². The van der Waals surface area contributed by atoms with Crippen LogP contribution in [-0.2, 0) is 4.79 Å². The second-order valence-electron chi connectivity index (χ2n) is 7.06. The molecular formula is C16H31N3O. The summed E-state index contributed by atoms with van der Waals surface area (Å²) in [5, 5.41) is 3.19. The number of rotatable bonds is 4. The molecule has 116 valence electrons. The van der Waals surface area contributed by atoms with Crippen LogP contribution in [0.15, 0.2) is 0 Å². The molecule has 0 aromatic heterocycles. The van der Waals surface area contributed by atoms with E-state index in [4.69, 9.17) is 5.73 Å². The van der Waals surface area contributed by atoms with E-state index in [1.165, 1.54) is 32.4 Å². The quantitative estimate of drug-likeness (QED) is 0.825.